The maximum absolute atomic E-state index is 9.66. The average molecular weight is 270 g/mol. The molecule has 102 valence electrons. The highest BCUT2D eigenvalue weighted by Crippen LogP contribution is 2.38. The van der Waals surface area contributed by atoms with Crippen LogP contribution < -0.4 is 0 Å². The van der Waals surface area contributed by atoms with Crippen LogP contribution in [0.15, 0.2) is 6.20 Å². The van der Waals surface area contributed by atoms with Gasteiger partial charge in [-0.1, -0.05) is 6.42 Å². The van der Waals surface area contributed by atoms with E-state index in [2.05, 4.69) is 9.88 Å². The Bertz CT molecular complexity index is 366. The van der Waals surface area contributed by atoms with Crippen LogP contribution in [0.3, 0.4) is 0 Å². The Morgan fingerprint density at radius 3 is 3.00 bits per heavy atom. The van der Waals surface area contributed by atoms with Crippen molar-refractivity contribution in [3.63, 3.8) is 0 Å². The Morgan fingerprint density at radius 2 is 2.39 bits per heavy atom. The van der Waals surface area contributed by atoms with Gasteiger partial charge in [0.2, 0.25) is 0 Å². The molecule has 1 saturated carbocycles. The van der Waals surface area contributed by atoms with Gasteiger partial charge in [0, 0.05) is 37.2 Å². The van der Waals surface area contributed by atoms with E-state index in [-0.39, 0.29) is 0 Å². The Morgan fingerprint density at radius 1 is 1.61 bits per heavy atom. The number of methoxy groups -OCH3 is 1. The fourth-order valence-corrected chi connectivity index (χ4v) is 3.34. The monoisotopic (exact) mass is 270 g/mol. The smallest absolute Gasteiger partial charge is 0.0959 e. The van der Waals surface area contributed by atoms with Crippen molar-refractivity contribution in [1.29, 1.82) is 0 Å². The molecule has 0 aromatic carbocycles. The molecule has 1 fully saturated rings. The Hall–Kier alpha value is -0.490. The van der Waals surface area contributed by atoms with Crippen molar-refractivity contribution in [3.8, 4) is 0 Å². The highest BCUT2D eigenvalue weighted by atomic mass is 32.1. The predicted molar refractivity (Wildman–Crippen MR) is 72.9 cm³/mol. The Balaban J connectivity index is 1.79. The summed E-state index contributed by atoms with van der Waals surface area (Å²) in [5, 5.41) is 11.0. The molecule has 1 aliphatic carbocycles. The van der Waals surface area contributed by atoms with E-state index >= 15 is 0 Å². The van der Waals surface area contributed by atoms with Gasteiger partial charge < -0.3 is 9.84 Å². The van der Waals surface area contributed by atoms with Gasteiger partial charge in [-0.3, -0.25) is 4.90 Å². The van der Waals surface area contributed by atoms with Gasteiger partial charge in [-0.25, -0.2) is 4.98 Å². The molecule has 1 aromatic heterocycles. The third kappa shape index (κ3) is 3.75. The van der Waals surface area contributed by atoms with Crippen LogP contribution in [-0.2, 0) is 11.3 Å². The van der Waals surface area contributed by atoms with Crippen molar-refractivity contribution in [2.75, 3.05) is 27.3 Å². The molecular weight excluding hydrogens is 248 g/mol. The third-order valence-electron chi connectivity index (χ3n) is 3.33. The fourth-order valence-electron chi connectivity index (χ4n) is 2.18. The molecule has 1 N–H and O–H groups in total. The molecule has 0 spiro atoms. The minimum atomic E-state index is -0.418. The SMILES string of the molecule is COCC(O)CN(C)Cc1cnc(C2CCC2)s1. The molecule has 1 aliphatic rings. The number of ether oxygens (including phenoxy) is 1. The van der Waals surface area contributed by atoms with E-state index in [1.165, 1.54) is 29.1 Å². The van der Waals surface area contributed by atoms with E-state index in [1.807, 2.05) is 24.6 Å². The number of thiazole rings is 1. The van der Waals surface area contributed by atoms with Gasteiger partial charge in [-0.05, 0) is 19.9 Å². The summed E-state index contributed by atoms with van der Waals surface area (Å²) in [5.41, 5.74) is 0. The largest absolute Gasteiger partial charge is 0.389 e. The van der Waals surface area contributed by atoms with Crippen molar-refractivity contribution < 1.29 is 9.84 Å². The van der Waals surface area contributed by atoms with Gasteiger partial charge in [-0.2, -0.15) is 0 Å². The summed E-state index contributed by atoms with van der Waals surface area (Å²) in [4.78, 5) is 7.91. The summed E-state index contributed by atoms with van der Waals surface area (Å²) in [5.74, 6) is 0.716. The highest BCUT2D eigenvalue weighted by Gasteiger charge is 2.22. The summed E-state index contributed by atoms with van der Waals surface area (Å²) in [6, 6.07) is 0. The number of hydrogen-bond acceptors (Lipinski definition) is 5. The van der Waals surface area contributed by atoms with E-state index in [9.17, 15) is 5.11 Å². The second-order valence-electron chi connectivity index (χ2n) is 5.10. The van der Waals surface area contributed by atoms with Crippen LogP contribution in [0, 0.1) is 0 Å². The second kappa shape index (κ2) is 6.61. The molecule has 1 aromatic rings. The Labute approximate surface area is 113 Å². The van der Waals surface area contributed by atoms with Gasteiger partial charge in [0.25, 0.3) is 0 Å². The van der Waals surface area contributed by atoms with E-state index in [4.69, 9.17) is 4.74 Å². The van der Waals surface area contributed by atoms with Crippen LogP contribution in [0.2, 0.25) is 0 Å². The fraction of sp³-hybridized carbons (Fsp3) is 0.769. The number of likely N-dealkylation sites (N-methyl/N-ethyl adjacent to an activating group) is 1. The van der Waals surface area contributed by atoms with E-state index < -0.39 is 6.10 Å². The molecule has 2 rings (SSSR count). The molecule has 4 nitrogen and oxygen atoms in total. The number of aliphatic hydroxyl groups excluding tert-OH is 1. The predicted octanol–water partition coefficient (Wildman–Crippen LogP) is 1.85. The molecule has 0 aliphatic heterocycles. The van der Waals surface area contributed by atoms with Crippen LogP contribution in [0.1, 0.15) is 35.1 Å². The standard InChI is InChI=1S/C13H22N2O2S/c1-15(7-11(16)9-17-2)8-12-6-14-13(18-12)10-4-3-5-10/h6,10-11,16H,3-5,7-9H2,1-2H3. The quantitative estimate of drug-likeness (QED) is 0.821. The molecule has 18 heavy (non-hydrogen) atoms. The van der Waals surface area contributed by atoms with E-state index in [1.54, 1.807) is 7.11 Å². The van der Waals surface area contributed by atoms with Gasteiger partial charge in [0.05, 0.1) is 17.7 Å². The maximum Gasteiger partial charge on any atom is 0.0959 e. The molecule has 0 bridgehead atoms. The van der Waals surface area contributed by atoms with Crippen LogP contribution in [0.4, 0.5) is 0 Å². The van der Waals surface area contributed by atoms with Crippen LogP contribution >= 0.6 is 11.3 Å². The molecule has 1 atom stereocenters. The number of nitrogens with zero attached hydrogens (tertiary/aromatic N) is 2. The molecule has 5 heteroatoms. The van der Waals surface area contributed by atoms with E-state index in [0.717, 1.165) is 6.54 Å². The van der Waals surface area contributed by atoms with Crippen molar-refractivity contribution >= 4 is 11.3 Å². The Kier molecular flexibility index (Phi) is 5.12. The first-order valence-electron chi connectivity index (χ1n) is 6.49. The zero-order valence-corrected chi connectivity index (χ0v) is 11.9. The van der Waals surface area contributed by atoms with Crippen LogP contribution in [-0.4, -0.2) is 48.4 Å². The topological polar surface area (TPSA) is 45.6 Å². The van der Waals surface area contributed by atoms with Gasteiger partial charge in [0.1, 0.15) is 0 Å². The summed E-state index contributed by atoms with van der Waals surface area (Å²) >= 11 is 1.82. The number of aromatic nitrogens is 1. The molecule has 0 radical (unpaired) electrons. The third-order valence-corrected chi connectivity index (χ3v) is 4.48. The van der Waals surface area contributed by atoms with Crippen molar-refractivity contribution in [1.82, 2.24) is 9.88 Å². The zero-order valence-electron chi connectivity index (χ0n) is 11.1. The molecule has 0 amide bonds. The van der Waals surface area contributed by atoms with Gasteiger partial charge >= 0.3 is 0 Å². The van der Waals surface area contributed by atoms with E-state index in [0.29, 0.717) is 19.1 Å². The van der Waals surface area contributed by atoms with Crippen molar-refractivity contribution in [2.24, 2.45) is 0 Å². The van der Waals surface area contributed by atoms with Gasteiger partial charge in [-0.15, -0.1) is 11.3 Å². The van der Waals surface area contributed by atoms with Crippen LogP contribution in [0.25, 0.3) is 0 Å². The molecule has 1 unspecified atom stereocenters. The number of rotatable bonds is 7. The highest BCUT2D eigenvalue weighted by molar-refractivity contribution is 7.11. The minimum absolute atomic E-state index is 0.389. The minimum Gasteiger partial charge on any atom is -0.389 e. The summed E-state index contributed by atoms with van der Waals surface area (Å²) in [6.07, 6.45) is 5.52. The van der Waals surface area contributed by atoms with Gasteiger partial charge in [0.15, 0.2) is 0 Å². The summed E-state index contributed by atoms with van der Waals surface area (Å²) in [6.45, 7) is 1.87. The summed E-state index contributed by atoms with van der Waals surface area (Å²) < 4.78 is 4.93. The molecular formula is C13H22N2O2S. The lowest BCUT2D eigenvalue weighted by atomic mass is 9.86. The van der Waals surface area contributed by atoms with Crippen LogP contribution in [0.5, 0.6) is 0 Å². The van der Waals surface area contributed by atoms with Crippen molar-refractivity contribution in [3.05, 3.63) is 16.1 Å². The lowest BCUT2D eigenvalue weighted by molar-refractivity contribution is 0.0420. The number of aliphatic hydroxyl groups is 1. The second-order valence-corrected chi connectivity index (χ2v) is 6.25. The number of hydrogen-bond donors (Lipinski definition) is 1. The lowest BCUT2D eigenvalue weighted by Gasteiger charge is -2.22. The molecule has 1 heterocycles. The maximum atomic E-state index is 9.66. The molecule has 0 saturated heterocycles. The average Bonchev–Trinajstić information content (AvgIpc) is 2.63. The zero-order chi connectivity index (χ0) is 13.0. The lowest BCUT2D eigenvalue weighted by Crippen LogP contribution is -2.31. The first kappa shape index (κ1) is 13.9. The van der Waals surface area contributed by atoms with Crippen molar-refractivity contribution in [2.45, 2.75) is 37.8 Å². The summed E-state index contributed by atoms with van der Waals surface area (Å²) in [7, 11) is 3.62. The normalized spacial score (nSPS) is 18.0. The first-order chi connectivity index (χ1) is 8.69. The first-order valence-corrected chi connectivity index (χ1v) is 7.31.